The summed E-state index contributed by atoms with van der Waals surface area (Å²) in [6.07, 6.45) is 2.13. The van der Waals surface area contributed by atoms with E-state index in [9.17, 15) is 14.4 Å². The van der Waals surface area contributed by atoms with E-state index in [0.717, 1.165) is 4.47 Å². The number of hydrogen-bond acceptors (Lipinski definition) is 5. The number of nitrogens with one attached hydrogen (secondary N) is 1. The van der Waals surface area contributed by atoms with Gasteiger partial charge in [-0.3, -0.25) is 14.2 Å². The summed E-state index contributed by atoms with van der Waals surface area (Å²) in [7, 11) is 0. The van der Waals surface area contributed by atoms with Crippen LogP contribution in [-0.4, -0.2) is 22.0 Å². The molecule has 0 fully saturated rings. The molecule has 7 nitrogen and oxygen atoms in total. The Hall–Kier alpha value is -2.26. The van der Waals surface area contributed by atoms with E-state index in [1.807, 2.05) is 6.92 Å². The molecule has 0 saturated carbocycles. The molecule has 140 valence electrons. The third-order valence-corrected chi connectivity index (χ3v) is 4.98. The fourth-order valence-corrected chi connectivity index (χ4v) is 3.86. The van der Waals surface area contributed by atoms with Crippen molar-refractivity contribution in [3.05, 3.63) is 71.6 Å². The van der Waals surface area contributed by atoms with Crippen LogP contribution >= 0.6 is 31.9 Å². The zero-order valence-electron chi connectivity index (χ0n) is 14.3. The smallest absolute Gasteiger partial charge is 0.349 e. The second-order valence-corrected chi connectivity index (χ2v) is 7.54. The minimum atomic E-state index is -0.728. The van der Waals surface area contributed by atoms with E-state index < -0.39 is 11.5 Å². The first-order chi connectivity index (χ1) is 12.9. The van der Waals surface area contributed by atoms with E-state index in [2.05, 4.69) is 42.2 Å². The molecule has 3 aromatic rings. The number of aromatic nitrogens is 2. The van der Waals surface area contributed by atoms with Crippen molar-refractivity contribution in [1.29, 1.82) is 0 Å². The van der Waals surface area contributed by atoms with Crippen molar-refractivity contribution in [2.45, 2.75) is 19.9 Å². The van der Waals surface area contributed by atoms with Crippen LogP contribution in [0, 0.1) is 0 Å². The lowest BCUT2D eigenvalue weighted by atomic mass is 10.2. The van der Waals surface area contributed by atoms with Crippen LogP contribution in [0.15, 0.2) is 53.5 Å². The highest BCUT2D eigenvalue weighted by Crippen LogP contribution is 2.27. The summed E-state index contributed by atoms with van der Waals surface area (Å²) in [4.78, 5) is 40.6. The Labute approximate surface area is 170 Å². The van der Waals surface area contributed by atoms with Crippen LogP contribution in [0.2, 0.25) is 0 Å². The Kier molecular flexibility index (Phi) is 5.91. The number of amides is 1. The van der Waals surface area contributed by atoms with E-state index in [-0.39, 0.29) is 24.2 Å². The third kappa shape index (κ3) is 4.36. The van der Waals surface area contributed by atoms with Gasteiger partial charge in [0.25, 0.3) is 11.5 Å². The van der Waals surface area contributed by atoms with Crippen LogP contribution in [0.5, 0.6) is 0 Å². The summed E-state index contributed by atoms with van der Waals surface area (Å²) in [5.41, 5.74) is 0.0734. The van der Waals surface area contributed by atoms with Gasteiger partial charge in [0.05, 0.1) is 10.8 Å². The van der Waals surface area contributed by atoms with Crippen LogP contribution < -0.4 is 16.5 Å². The van der Waals surface area contributed by atoms with Crippen molar-refractivity contribution in [3.8, 4) is 0 Å². The van der Waals surface area contributed by atoms with Gasteiger partial charge in [0, 0.05) is 34.7 Å². The molecular formula is C18H15Br2N3O4. The second kappa shape index (κ2) is 8.18. The number of aryl methyl sites for hydroxylation is 1. The second-order valence-electron chi connectivity index (χ2n) is 5.77. The molecule has 1 aromatic carbocycles. The third-order valence-electron chi connectivity index (χ3n) is 3.93. The van der Waals surface area contributed by atoms with Crippen molar-refractivity contribution in [2.24, 2.45) is 0 Å². The lowest BCUT2D eigenvalue weighted by molar-refractivity contribution is 0.0948. The standard InChI is InChI=1S/C18H15Br2N3O4/c1-2-12-8-15(24)23(9-22-12)4-3-21-17(25)13-6-10-5-11(19)7-14(20)16(10)27-18(13)26/h5-9H,2-4H2,1H3,(H,21,25). The van der Waals surface area contributed by atoms with Crippen LogP contribution in [0.3, 0.4) is 0 Å². The highest BCUT2D eigenvalue weighted by atomic mass is 79.9. The number of rotatable bonds is 5. The quantitative estimate of drug-likeness (QED) is 0.548. The van der Waals surface area contributed by atoms with E-state index in [1.165, 1.54) is 23.0 Å². The molecule has 0 bridgehead atoms. The van der Waals surface area contributed by atoms with E-state index >= 15 is 0 Å². The highest BCUT2D eigenvalue weighted by molar-refractivity contribution is 9.11. The molecule has 0 atom stereocenters. The van der Waals surface area contributed by atoms with Gasteiger partial charge in [-0.1, -0.05) is 22.9 Å². The van der Waals surface area contributed by atoms with Gasteiger partial charge in [-0.15, -0.1) is 0 Å². The molecule has 0 unspecified atom stereocenters. The number of carbonyl (C=O) groups excluding carboxylic acids is 1. The summed E-state index contributed by atoms with van der Waals surface area (Å²) < 4.78 is 8.05. The first-order valence-electron chi connectivity index (χ1n) is 8.15. The van der Waals surface area contributed by atoms with E-state index in [1.54, 1.807) is 12.1 Å². The number of hydrogen-bond donors (Lipinski definition) is 1. The summed E-state index contributed by atoms with van der Waals surface area (Å²) in [5, 5.41) is 3.24. The normalized spacial score (nSPS) is 10.9. The van der Waals surface area contributed by atoms with Gasteiger partial charge in [-0.05, 0) is 40.5 Å². The van der Waals surface area contributed by atoms with Crippen molar-refractivity contribution in [3.63, 3.8) is 0 Å². The first kappa shape index (κ1) is 19.5. The molecule has 2 heterocycles. The van der Waals surface area contributed by atoms with Crippen LogP contribution in [0.25, 0.3) is 11.0 Å². The van der Waals surface area contributed by atoms with Gasteiger partial charge in [-0.25, -0.2) is 9.78 Å². The van der Waals surface area contributed by atoms with Gasteiger partial charge in [0.1, 0.15) is 5.56 Å². The lowest BCUT2D eigenvalue weighted by Gasteiger charge is -2.08. The molecule has 0 spiro atoms. The van der Waals surface area contributed by atoms with Gasteiger partial charge in [-0.2, -0.15) is 0 Å². The molecule has 0 aliphatic carbocycles. The SMILES string of the molecule is CCc1cc(=O)n(CCNC(=O)c2cc3cc(Br)cc(Br)c3oc2=O)cn1. The number of benzene rings is 1. The average molecular weight is 497 g/mol. The van der Waals surface area contributed by atoms with E-state index in [0.29, 0.717) is 27.6 Å². The monoisotopic (exact) mass is 495 g/mol. The Morgan fingerprint density at radius 1 is 1.22 bits per heavy atom. The Morgan fingerprint density at radius 2 is 2.00 bits per heavy atom. The minimum absolute atomic E-state index is 0.0979. The topological polar surface area (TPSA) is 94.2 Å². The fraction of sp³-hybridized carbons (Fsp3) is 0.222. The molecule has 1 N–H and O–H groups in total. The zero-order valence-corrected chi connectivity index (χ0v) is 17.5. The molecule has 0 radical (unpaired) electrons. The zero-order chi connectivity index (χ0) is 19.6. The number of nitrogens with zero attached hydrogens (tertiary/aromatic N) is 2. The van der Waals surface area contributed by atoms with Gasteiger partial charge in [0.15, 0.2) is 5.58 Å². The molecule has 0 aliphatic heterocycles. The fourth-order valence-electron chi connectivity index (χ4n) is 2.53. The van der Waals surface area contributed by atoms with Gasteiger partial charge in [0.2, 0.25) is 0 Å². The predicted molar refractivity (Wildman–Crippen MR) is 108 cm³/mol. The van der Waals surface area contributed by atoms with Crippen LogP contribution in [0.1, 0.15) is 23.0 Å². The lowest BCUT2D eigenvalue weighted by Crippen LogP contribution is -2.33. The Morgan fingerprint density at radius 3 is 2.70 bits per heavy atom. The first-order valence-corrected chi connectivity index (χ1v) is 9.74. The predicted octanol–water partition coefficient (Wildman–Crippen LogP) is 2.87. The minimum Gasteiger partial charge on any atom is -0.421 e. The van der Waals surface area contributed by atoms with Crippen LogP contribution in [0.4, 0.5) is 0 Å². The molecule has 9 heteroatoms. The van der Waals surface area contributed by atoms with Crippen LogP contribution in [-0.2, 0) is 13.0 Å². The number of fused-ring (bicyclic) bond motifs is 1. The molecule has 0 saturated heterocycles. The van der Waals surface area contributed by atoms with Gasteiger partial charge < -0.3 is 9.73 Å². The maximum Gasteiger partial charge on any atom is 0.349 e. The number of carbonyl (C=O) groups is 1. The average Bonchev–Trinajstić information content (AvgIpc) is 2.63. The summed E-state index contributed by atoms with van der Waals surface area (Å²) in [6, 6.07) is 6.45. The maximum atomic E-state index is 12.4. The molecule has 2 aromatic heterocycles. The molecule has 0 aliphatic rings. The van der Waals surface area contributed by atoms with E-state index in [4.69, 9.17) is 4.42 Å². The summed E-state index contributed by atoms with van der Waals surface area (Å²) in [6.45, 7) is 2.33. The molecule has 1 amide bonds. The van der Waals surface area contributed by atoms with Crippen molar-refractivity contribution >= 4 is 48.7 Å². The maximum absolute atomic E-state index is 12.4. The van der Waals surface area contributed by atoms with Crippen molar-refractivity contribution in [1.82, 2.24) is 14.9 Å². The molecule has 3 rings (SSSR count). The Bertz CT molecular complexity index is 1140. The molecule has 27 heavy (non-hydrogen) atoms. The van der Waals surface area contributed by atoms with Crippen molar-refractivity contribution in [2.75, 3.05) is 6.54 Å². The highest BCUT2D eigenvalue weighted by Gasteiger charge is 2.15. The molecular weight excluding hydrogens is 482 g/mol. The largest absolute Gasteiger partial charge is 0.421 e. The summed E-state index contributed by atoms with van der Waals surface area (Å²) in [5.74, 6) is -0.562. The Balaban J connectivity index is 1.75. The van der Waals surface area contributed by atoms with Gasteiger partial charge >= 0.3 is 5.63 Å². The number of halogens is 2. The van der Waals surface area contributed by atoms with Crippen molar-refractivity contribution < 1.29 is 9.21 Å². The summed E-state index contributed by atoms with van der Waals surface area (Å²) >= 11 is 6.69.